The molecule has 0 aromatic carbocycles. The van der Waals surface area contributed by atoms with Crippen LogP contribution in [0, 0.1) is 46.3 Å². The minimum absolute atomic E-state index is 0.0363. The van der Waals surface area contributed by atoms with Gasteiger partial charge >= 0.3 is 5.97 Å². The molecule has 0 aliphatic heterocycles. The number of rotatable bonds is 6. The number of hydrogen-bond donors (Lipinski definition) is 2. The number of aliphatic carboxylic acids is 1. The summed E-state index contributed by atoms with van der Waals surface area (Å²) in [6.07, 6.45) is 5.24. The summed E-state index contributed by atoms with van der Waals surface area (Å²) in [4.78, 5) is 37.6. The molecule has 9 atom stereocenters. The number of fused-ring (bicyclic) bond motifs is 4. The molecule has 2 saturated carbocycles. The van der Waals surface area contributed by atoms with Gasteiger partial charge in [-0.3, -0.25) is 14.4 Å². The molecule has 4 rings (SSSR count). The van der Waals surface area contributed by atoms with Crippen molar-refractivity contribution >= 4 is 17.5 Å². The van der Waals surface area contributed by atoms with Gasteiger partial charge in [-0.2, -0.15) is 0 Å². The van der Waals surface area contributed by atoms with Gasteiger partial charge in [0.1, 0.15) is 5.78 Å². The maximum absolute atomic E-state index is 13.8. The van der Waals surface area contributed by atoms with E-state index in [0.717, 1.165) is 36.0 Å². The second-order valence-electron chi connectivity index (χ2n) is 12.4. The van der Waals surface area contributed by atoms with E-state index < -0.39 is 18.0 Å². The molecule has 4 aliphatic rings. The van der Waals surface area contributed by atoms with E-state index in [2.05, 4.69) is 27.4 Å². The Morgan fingerprint density at radius 2 is 1.88 bits per heavy atom. The smallest absolute Gasteiger partial charge is 0.310 e. The number of aliphatic hydroxyl groups is 1. The Kier molecular flexibility index (Phi) is 6.50. The molecule has 0 aromatic heterocycles. The molecule has 0 spiro atoms. The van der Waals surface area contributed by atoms with Gasteiger partial charge in [-0.25, -0.2) is 0 Å². The van der Waals surface area contributed by atoms with Gasteiger partial charge in [0.25, 0.3) is 0 Å². The molecule has 188 valence electrons. The lowest BCUT2D eigenvalue weighted by molar-refractivity contribution is -0.140. The molecule has 0 heterocycles. The number of aliphatic hydroxyl groups excluding tert-OH is 1. The van der Waals surface area contributed by atoms with Gasteiger partial charge in [0.05, 0.1) is 12.0 Å². The molecule has 0 bridgehead atoms. The Hall–Kier alpha value is -1.75. The van der Waals surface area contributed by atoms with Crippen molar-refractivity contribution in [2.45, 2.75) is 92.1 Å². The summed E-state index contributed by atoms with van der Waals surface area (Å²) in [6, 6.07) is 0. The second kappa shape index (κ2) is 8.72. The van der Waals surface area contributed by atoms with Crippen LogP contribution in [0.25, 0.3) is 0 Å². The van der Waals surface area contributed by atoms with Crippen molar-refractivity contribution in [3.63, 3.8) is 0 Å². The van der Waals surface area contributed by atoms with Gasteiger partial charge < -0.3 is 10.2 Å². The van der Waals surface area contributed by atoms with Crippen LogP contribution in [0.3, 0.4) is 0 Å². The Balaban J connectivity index is 1.61. The largest absolute Gasteiger partial charge is 0.481 e. The number of carboxylic acids is 1. The van der Waals surface area contributed by atoms with Crippen molar-refractivity contribution in [2.24, 2.45) is 46.3 Å². The molecular formula is C29H42O5. The average molecular weight is 471 g/mol. The van der Waals surface area contributed by atoms with E-state index in [9.17, 15) is 24.6 Å². The number of carbonyl (C=O) groups excluding carboxylic acids is 2. The normalized spacial score (nSPS) is 41.4. The summed E-state index contributed by atoms with van der Waals surface area (Å²) in [5.41, 5.74) is 2.13. The highest BCUT2D eigenvalue weighted by molar-refractivity contribution is 6.00. The third-order valence-corrected chi connectivity index (χ3v) is 10.7. The lowest BCUT2D eigenvalue weighted by Gasteiger charge is -2.55. The minimum Gasteiger partial charge on any atom is -0.481 e. The summed E-state index contributed by atoms with van der Waals surface area (Å²) in [7, 11) is 0. The Morgan fingerprint density at radius 1 is 1.21 bits per heavy atom. The van der Waals surface area contributed by atoms with Crippen molar-refractivity contribution in [3.05, 3.63) is 23.3 Å². The van der Waals surface area contributed by atoms with Crippen LogP contribution in [0.15, 0.2) is 23.3 Å². The second-order valence-corrected chi connectivity index (χ2v) is 12.4. The molecule has 0 aromatic rings. The molecule has 34 heavy (non-hydrogen) atoms. The van der Waals surface area contributed by atoms with Gasteiger partial charge in [-0.05, 0) is 80.1 Å². The van der Waals surface area contributed by atoms with Crippen molar-refractivity contribution in [1.82, 2.24) is 0 Å². The highest BCUT2D eigenvalue weighted by Crippen LogP contribution is 2.65. The maximum Gasteiger partial charge on any atom is 0.310 e. The molecule has 0 radical (unpaired) electrons. The Labute approximate surface area is 204 Å². The van der Waals surface area contributed by atoms with Crippen LogP contribution in [-0.2, 0) is 14.4 Å². The van der Waals surface area contributed by atoms with Gasteiger partial charge in [0.15, 0.2) is 5.78 Å². The number of allylic oxidation sites excluding steroid dienone is 1. The van der Waals surface area contributed by atoms with Crippen LogP contribution in [0.2, 0.25) is 0 Å². The first-order chi connectivity index (χ1) is 15.8. The highest BCUT2D eigenvalue weighted by Gasteiger charge is 2.61. The zero-order chi connectivity index (χ0) is 25.2. The maximum atomic E-state index is 13.8. The number of hydrogen-bond acceptors (Lipinski definition) is 4. The summed E-state index contributed by atoms with van der Waals surface area (Å²) in [6.45, 7) is 14.3. The number of carbonyl (C=O) groups is 3. The van der Waals surface area contributed by atoms with E-state index in [-0.39, 0.29) is 40.2 Å². The molecule has 2 fully saturated rings. The minimum atomic E-state index is -0.834. The lowest BCUT2D eigenvalue weighted by Crippen LogP contribution is -2.54. The van der Waals surface area contributed by atoms with Crippen LogP contribution in [0.1, 0.15) is 86.0 Å². The SMILES string of the molecule is C=C(CC[C@@H](C)C1CCC2C3=C(C(=O)C[C@@]21C)[C@@]1(C)CCC(=O)[C@@H](C)C1C[C@@H]3O)[C@@H](C)C(=O)O. The van der Waals surface area contributed by atoms with E-state index in [1.165, 1.54) is 0 Å². The van der Waals surface area contributed by atoms with Gasteiger partial charge in [-0.1, -0.05) is 39.8 Å². The standard InChI is InChI=1S/C29H42O5/c1-15(17(3)27(33)34)7-8-16(2)19-9-10-20-25-23(31)13-21-18(4)22(30)11-12-28(21,5)26(25)24(32)14-29(19,20)6/h16-21,23,31H,1,7-14H2,2-6H3,(H,33,34)/t16-,17-,18+,19?,20?,21?,23+,28+,29-/m1/s1. The number of carboxylic acid groups (broad SMARTS) is 1. The third kappa shape index (κ3) is 3.73. The fraction of sp³-hybridized carbons (Fsp3) is 0.759. The summed E-state index contributed by atoms with van der Waals surface area (Å²) >= 11 is 0. The van der Waals surface area contributed by atoms with Crippen molar-refractivity contribution in [3.8, 4) is 0 Å². The third-order valence-electron chi connectivity index (χ3n) is 10.7. The van der Waals surface area contributed by atoms with Gasteiger partial charge in [-0.15, -0.1) is 0 Å². The number of Topliss-reactive ketones (excluding diaryl/α,β-unsaturated/α-hetero) is 2. The number of ketones is 2. The van der Waals surface area contributed by atoms with E-state index in [0.29, 0.717) is 43.9 Å². The molecule has 4 aliphatic carbocycles. The fourth-order valence-electron chi connectivity index (χ4n) is 8.50. The zero-order valence-electron chi connectivity index (χ0n) is 21.5. The van der Waals surface area contributed by atoms with Crippen molar-refractivity contribution in [2.75, 3.05) is 0 Å². The van der Waals surface area contributed by atoms with Crippen LogP contribution in [0.4, 0.5) is 0 Å². The summed E-state index contributed by atoms with van der Waals surface area (Å²) in [5, 5.41) is 20.6. The predicted octanol–water partition coefficient (Wildman–Crippen LogP) is 5.37. The first-order valence-electron chi connectivity index (χ1n) is 13.2. The quantitative estimate of drug-likeness (QED) is 0.509. The van der Waals surface area contributed by atoms with Gasteiger partial charge in [0, 0.05) is 29.7 Å². The Bertz CT molecular complexity index is 946. The highest BCUT2D eigenvalue weighted by atomic mass is 16.4. The topological polar surface area (TPSA) is 91.7 Å². The van der Waals surface area contributed by atoms with E-state index in [1.54, 1.807) is 6.92 Å². The molecule has 0 amide bonds. The Morgan fingerprint density at radius 3 is 2.53 bits per heavy atom. The van der Waals surface area contributed by atoms with E-state index >= 15 is 0 Å². The predicted molar refractivity (Wildman–Crippen MR) is 131 cm³/mol. The monoisotopic (exact) mass is 470 g/mol. The van der Waals surface area contributed by atoms with E-state index in [1.807, 2.05) is 6.92 Å². The zero-order valence-corrected chi connectivity index (χ0v) is 21.5. The molecule has 3 unspecified atom stereocenters. The lowest BCUT2D eigenvalue weighted by atomic mass is 9.48. The average Bonchev–Trinajstić information content (AvgIpc) is 3.11. The van der Waals surface area contributed by atoms with E-state index in [4.69, 9.17) is 0 Å². The molecule has 5 heteroatoms. The van der Waals surface area contributed by atoms with Crippen LogP contribution in [-0.4, -0.2) is 33.9 Å². The van der Waals surface area contributed by atoms with Gasteiger partial charge in [0.2, 0.25) is 0 Å². The van der Waals surface area contributed by atoms with Crippen molar-refractivity contribution in [1.29, 1.82) is 0 Å². The molecule has 0 saturated heterocycles. The van der Waals surface area contributed by atoms with Crippen LogP contribution < -0.4 is 0 Å². The fourth-order valence-corrected chi connectivity index (χ4v) is 8.50. The summed E-state index contributed by atoms with van der Waals surface area (Å²) < 4.78 is 0. The first kappa shape index (κ1) is 25.3. The molecule has 5 nitrogen and oxygen atoms in total. The molecule has 2 N–H and O–H groups in total. The summed E-state index contributed by atoms with van der Waals surface area (Å²) in [5.74, 6) is -0.0967. The molecular weight excluding hydrogens is 428 g/mol. The van der Waals surface area contributed by atoms with Crippen LogP contribution >= 0.6 is 0 Å². The van der Waals surface area contributed by atoms with Crippen molar-refractivity contribution < 1.29 is 24.6 Å². The first-order valence-corrected chi connectivity index (χ1v) is 13.2. The van der Waals surface area contributed by atoms with Crippen LogP contribution in [0.5, 0.6) is 0 Å².